The molecule has 0 radical (unpaired) electrons. The zero-order valence-corrected chi connectivity index (χ0v) is 25.3. The summed E-state index contributed by atoms with van der Waals surface area (Å²) >= 11 is 0. The number of fused-ring (bicyclic) bond motifs is 2. The van der Waals surface area contributed by atoms with E-state index in [-0.39, 0.29) is 17.4 Å². The number of ether oxygens (including phenoxy) is 1. The van der Waals surface area contributed by atoms with E-state index >= 15 is 0 Å². The molecule has 0 saturated heterocycles. The monoisotopic (exact) mass is 581 g/mol. The van der Waals surface area contributed by atoms with Gasteiger partial charge in [0.2, 0.25) is 11.8 Å². The lowest BCUT2D eigenvalue weighted by atomic mass is 9.90. The highest BCUT2D eigenvalue weighted by molar-refractivity contribution is 6.20. The molecule has 0 spiro atoms. The summed E-state index contributed by atoms with van der Waals surface area (Å²) in [6.07, 6.45) is 6.21. The second-order valence-corrected chi connectivity index (χ2v) is 11.4. The van der Waals surface area contributed by atoms with E-state index in [0.29, 0.717) is 43.4 Å². The lowest BCUT2D eigenvalue weighted by molar-refractivity contribution is -0.137. The van der Waals surface area contributed by atoms with Crippen LogP contribution in [0.25, 0.3) is 10.8 Å². The van der Waals surface area contributed by atoms with Gasteiger partial charge in [-0.25, -0.2) is 0 Å². The van der Waals surface area contributed by atoms with Crippen LogP contribution in [0.5, 0.6) is 5.75 Å². The van der Waals surface area contributed by atoms with E-state index in [4.69, 9.17) is 4.74 Å². The summed E-state index contributed by atoms with van der Waals surface area (Å²) < 4.78 is 7.92. The Kier molecular flexibility index (Phi) is 8.92. The normalized spacial score (nSPS) is 14.7. The van der Waals surface area contributed by atoms with Gasteiger partial charge in [0.15, 0.2) is 0 Å². The first-order valence-electron chi connectivity index (χ1n) is 14.8. The molecule has 0 aliphatic carbocycles. The van der Waals surface area contributed by atoms with Gasteiger partial charge in [0, 0.05) is 69.8 Å². The molecule has 9 heteroatoms. The average molecular weight is 582 g/mol. The van der Waals surface area contributed by atoms with Crippen LogP contribution >= 0.6 is 0 Å². The van der Waals surface area contributed by atoms with Crippen molar-refractivity contribution >= 4 is 34.0 Å². The van der Waals surface area contributed by atoms with Crippen molar-refractivity contribution in [2.24, 2.45) is 5.41 Å². The Balaban J connectivity index is 1.25. The van der Waals surface area contributed by atoms with Gasteiger partial charge in [-0.05, 0) is 74.5 Å². The number of nitrogens with zero attached hydrogens (tertiary/aromatic N) is 5. The van der Waals surface area contributed by atoms with E-state index in [9.17, 15) is 14.4 Å². The summed E-state index contributed by atoms with van der Waals surface area (Å²) in [7, 11) is 1.71. The highest BCUT2D eigenvalue weighted by atomic mass is 16.5. The molecular formula is C34H39N5O4. The van der Waals surface area contributed by atoms with Crippen LogP contribution < -0.4 is 20.1 Å². The minimum atomic E-state index is -1.15. The van der Waals surface area contributed by atoms with E-state index in [1.807, 2.05) is 73.8 Å². The van der Waals surface area contributed by atoms with Crippen LogP contribution in [0.1, 0.15) is 32.8 Å². The van der Waals surface area contributed by atoms with Gasteiger partial charge < -0.3 is 19.1 Å². The third kappa shape index (κ3) is 6.32. The summed E-state index contributed by atoms with van der Waals surface area (Å²) in [6.45, 7) is 8.96. The van der Waals surface area contributed by atoms with Gasteiger partial charge in [0.05, 0.1) is 18.0 Å². The SMILES string of the molecule is CCN1C(=O)C(C)(C)C(=O)N(C)c2cc(OCCCN(CCn3ccc4ccccc4c3=O)Cc3ccncc3)ccc21. The molecule has 3 heterocycles. The summed E-state index contributed by atoms with van der Waals surface area (Å²) in [5.41, 5.74) is 1.38. The van der Waals surface area contributed by atoms with Crippen LogP contribution in [0.2, 0.25) is 0 Å². The maximum atomic E-state index is 13.2. The molecule has 2 aromatic heterocycles. The van der Waals surface area contributed by atoms with Crippen molar-refractivity contribution in [1.82, 2.24) is 14.5 Å². The molecule has 4 aromatic rings. The Morgan fingerprint density at radius 1 is 0.907 bits per heavy atom. The Labute approximate surface area is 252 Å². The first kappa shape index (κ1) is 30.0. The number of carbonyl (C=O) groups excluding carboxylic acids is 2. The lowest BCUT2D eigenvalue weighted by Crippen LogP contribution is -2.47. The van der Waals surface area contributed by atoms with Gasteiger partial charge in [-0.1, -0.05) is 18.2 Å². The van der Waals surface area contributed by atoms with Crippen molar-refractivity contribution in [2.45, 2.75) is 40.3 Å². The molecule has 1 aliphatic rings. The van der Waals surface area contributed by atoms with Crippen LogP contribution in [-0.4, -0.2) is 59.6 Å². The average Bonchev–Trinajstić information content (AvgIpc) is 3.07. The van der Waals surface area contributed by atoms with Crippen molar-refractivity contribution < 1.29 is 14.3 Å². The molecule has 2 aromatic carbocycles. The number of carbonyl (C=O) groups is 2. The van der Waals surface area contributed by atoms with Gasteiger partial charge in [0.25, 0.3) is 5.56 Å². The Morgan fingerprint density at radius 2 is 1.67 bits per heavy atom. The molecule has 0 fully saturated rings. The van der Waals surface area contributed by atoms with Crippen LogP contribution in [0.15, 0.2) is 84.0 Å². The number of pyridine rings is 2. The van der Waals surface area contributed by atoms with E-state index in [2.05, 4.69) is 9.88 Å². The molecule has 0 atom stereocenters. The van der Waals surface area contributed by atoms with Crippen molar-refractivity contribution in [3.8, 4) is 5.75 Å². The molecule has 224 valence electrons. The zero-order chi connectivity index (χ0) is 30.6. The number of aromatic nitrogens is 2. The molecule has 1 aliphatic heterocycles. The molecule has 0 bridgehead atoms. The van der Waals surface area contributed by atoms with Crippen LogP contribution in [0.3, 0.4) is 0 Å². The minimum Gasteiger partial charge on any atom is -0.493 e. The molecule has 9 nitrogen and oxygen atoms in total. The predicted molar refractivity (Wildman–Crippen MR) is 169 cm³/mol. The molecule has 0 unspecified atom stereocenters. The van der Waals surface area contributed by atoms with Crippen molar-refractivity contribution in [2.75, 3.05) is 43.1 Å². The molecular weight excluding hydrogens is 542 g/mol. The number of rotatable bonds is 11. The largest absolute Gasteiger partial charge is 0.493 e. The number of amides is 2. The molecule has 0 N–H and O–H groups in total. The Morgan fingerprint density at radius 3 is 2.44 bits per heavy atom. The van der Waals surface area contributed by atoms with E-state index in [1.165, 1.54) is 0 Å². The second-order valence-electron chi connectivity index (χ2n) is 11.4. The standard InChI is InChI=1S/C34H39N5O4/c1-5-39-29-12-11-27(23-30(29)36(4)32(41)34(2,3)33(39)42)43-22-8-18-37(24-25-13-16-35-17-14-25)20-21-38-19-15-26-9-6-7-10-28(26)31(38)40/h6-7,9-17,19,23H,5,8,18,20-22,24H2,1-4H3. The quantitative estimate of drug-likeness (QED) is 0.188. The van der Waals surface area contributed by atoms with Crippen molar-refractivity contribution in [1.29, 1.82) is 0 Å². The highest BCUT2D eigenvalue weighted by Gasteiger charge is 2.45. The van der Waals surface area contributed by atoms with Gasteiger partial charge >= 0.3 is 0 Å². The minimum absolute atomic E-state index is 0.0173. The zero-order valence-electron chi connectivity index (χ0n) is 25.3. The van der Waals surface area contributed by atoms with E-state index in [1.54, 1.807) is 47.7 Å². The fourth-order valence-corrected chi connectivity index (χ4v) is 5.62. The summed E-state index contributed by atoms with van der Waals surface area (Å²) in [6, 6.07) is 19.2. The Bertz CT molecular complexity index is 1670. The van der Waals surface area contributed by atoms with Crippen molar-refractivity contribution in [3.05, 3.63) is 95.2 Å². The Hall–Kier alpha value is -4.50. The fourth-order valence-electron chi connectivity index (χ4n) is 5.62. The number of benzene rings is 2. The van der Waals surface area contributed by atoms with Crippen LogP contribution in [0, 0.1) is 5.41 Å². The first-order chi connectivity index (χ1) is 20.7. The number of anilines is 2. The molecule has 43 heavy (non-hydrogen) atoms. The smallest absolute Gasteiger partial charge is 0.258 e. The van der Waals surface area contributed by atoms with E-state index < -0.39 is 5.41 Å². The topological polar surface area (TPSA) is 88.0 Å². The number of hydrogen-bond acceptors (Lipinski definition) is 6. The lowest BCUT2D eigenvalue weighted by Gasteiger charge is -2.27. The third-order valence-corrected chi connectivity index (χ3v) is 8.12. The van der Waals surface area contributed by atoms with E-state index in [0.717, 1.165) is 35.8 Å². The maximum absolute atomic E-state index is 13.2. The number of hydrogen-bond donors (Lipinski definition) is 0. The van der Waals surface area contributed by atoms with Crippen LogP contribution in [0.4, 0.5) is 11.4 Å². The highest BCUT2D eigenvalue weighted by Crippen LogP contribution is 2.40. The molecule has 0 saturated carbocycles. The summed E-state index contributed by atoms with van der Waals surface area (Å²) in [4.78, 5) is 49.0. The molecule has 5 rings (SSSR count). The van der Waals surface area contributed by atoms with Gasteiger partial charge in [0.1, 0.15) is 11.2 Å². The predicted octanol–water partition coefficient (Wildman–Crippen LogP) is 4.72. The fraction of sp³-hybridized carbons (Fsp3) is 0.353. The van der Waals surface area contributed by atoms with Crippen LogP contribution in [-0.2, 0) is 22.7 Å². The van der Waals surface area contributed by atoms with Gasteiger partial charge in [-0.15, -0.1) is 0 Å². The summed E-state index contributed by atoms with van der Waals surface area (Å²) in [5.74, 6) is 0.189. The first-order valence-corrected chi connectivity index (χ1v) is 14.8. The van der Waals surface area contributed by atoms with Crippen molar-refractivity contribution in [3.63, 3.8) is 0 Å². The van der Waals surface area contributed by atoms with Gasteiger partial charge in [-0.2, -0.15) is 0 Å². The summed E-state index contributed by atoms with van der Waals surface area (Å²) in [5, 5.41) is 1.67. The van der Waals surface area contributed by atoms with Gasteiger partial charge in [-0.3, -0.25) is 24.3 Å². The molecule has 2 amide bonds. The maximum Gasteiger partial charge on any atom is 0.258 e. The second kappa shape index (κ2) is 12.8. The third-order valence-electron chi connectivity index (χ3n) is 8.12.